The van der Waals surface area contributed by atoms with Crippen LogP contribution in [0.15, 0.2) is 59.7 Å². The SMILES string of the molecule is CCO/C=C1/SC(=S)N(c2ccc(Oc3ccc(Cl)cc3)cc2)C1=O. The van der Waals surface area contributed by atoms with E-state index in [4.69, 9.17) is 33.3 Å². The molecule has 0 atom stereocenters. The zero-order valence-electron chi connectivity index (χ0n) is 13.3. The molecule has 1 amide bonds. The second-order valence-corrected chi connectivity index (χ2v) is 7.11. The highest BCUT2D eigenvalue weighted by Crippen LogP contribution is 2.35. The van der Waals surface area contributed by atoms with Crippen LogP contribution < -0.4 is 9.64 Å². The van der Waals surface area contributed by atoms with Crippen LogP contribution in [0.2, 0.25) is 5.02 Å². The molecule has 0 aliphatic carbocycles. The van der Waals surface area contributed by atoms with Gasteiger partial charge >= 0.3 is 0 Å². The van der Waals surface area contributed by atoms with Crippen LogP contribution >= 0.6 is 35.6 Å². The zero-order valence-corrected chi connectivity index (χ0v) is 15.7. The van der Waals surface area contributed by atoms with Crippen LogP contribution in [0.5, 0.6) is 11.5 Å². The normalized spacial score (nSPS) is 15.8. The molecule has 2 aromatic rings. The molecule has 2 aromatic carbocycles. The predicted octanol–water partition coefficient (Wildman–Crippen LogP) is 5.37. The molecular weight excluding hydrogens is 378 g/mol. The zero-order chi connectivity index (χ0) is 17.8. The number of rotatable bonds is 5. The number of hydrogen-bond donors (Lipinski definition) is 0. The van der Waals surface area contributed by atoms with Gasteiger partial charge in [-0.15, -0.1) is 0 Å². The Hall–Kier alpha value is -2.02. The van der Waals surface area contributed by atoms with Gasteiger partial charge in [-0.1, -0.05) is 35.6 Å². The summed E-state index contributed by atoms with van der Waals surface area (Å²) >= 11 is 12.4. The number of carbonyl (C=O) groups excluding carboxylic acids is 1. The largest absolute Gasteiger partial charge is 0.500 e. The first kappa shape index (κ1) is 17.8. The summed E-state index contributed by atoms with van der Waals surface area (Å²) in [6.07, 6.45) is 1.46. The molecule has 7 heteroatoms. The number of halogens is 1. The minimum absolute atomic E-state index is 0.185. The van der Waals surface area contributed by atoms with Crippen molar-refractivity contribution in [3.05, 3.63) is 64.7 Å². The topological polar surface area (TPSA) is 38.8 Å². The van der Waals surface area contributed by atoms with E-state index in [9.17, 15) is 4.79 Å². The van der Waals surface area contributed by atoms with Gasteiger partial charge in [0.15, 0.2) is 4.32 Å². The van der Waals surface area contributed by atoms with E-state index in [1.54, 1.807) is 48.5 Å². The number of ether oxygens (including phenoxy) is 2. The fourth-order valence-electron chi connectivity index (χ4n) is 2.13. The van der Waals surface area contributed by atoms with Gasteiger partial charge in [-0.2, -0.15) is 0 Å². The molecule has 0 unspecified atom stereocenters. The Morgan fingerprint density at radius 3 is 2.32 bits per heavy atom. The first-order chi connectivity index (χ1) is 12.1. The quantitative estimate of drug-likeness (QED) is 0.389. The number of thiocarbonyl (C=S) groups is 1. The Kier molecular flexibility index (Phi) is 5.63. The molecule has 1 fully saturated rings. The van der Waals surface area contributed by atoms with Crippen molar-refractivity contribution in [2.75, 3.05) is 11.5 Å². The lowest BCUT2D eigenvalue weighted by atomic mass is 10.2. The lowest BCUT2D eigenvalue weighted by Crippen LogP contribution is -2.27. The number of hydrogen-bond acceptors (Lipinski definition) is 5. The van der Waals surface area contributed by atoms with Crippen molar-refractivity contribution in [1.29, 1.82) is 0 Å². The first-order valence-electron chi connectivity index (χ1n) is 7.50. The van der Waals surface area contributed by atoms with E-state index in [1.165, 1.54) is 22.9 Å². The molecule has 128 valence electrons. The van der Waals surface area contributed by atoms with Gasteiger partial charge in [-0.05, 0) is 55.5 Å². The van der Waals surface area contributed by atoms with Crippen LogP contribution in [-0.4, -0.2) is 16.8 Å². The Morgan fingerprint density at radius 1 is 1.12 bits per heavy atom. The van der Waals surface area contributed by atoms with Crippen molar-refractivity contribution in [3.8, 4) is 11.5 Å². The molecule has 0 aromatic heterocycles. The van der Waals surface area contributed by atoms with Gasteiger partial charge in [0.1, 0.15) is 22.7 Å². The maximum Gasteiger partial charge on any atom is 0.273 e. The van der Waals surface area contributed by atoms with E-state index in [2.05, 4.69) is 0 Å². The molecule has 25 heavy (non-hydrogen) atoms. The van der Waals surface area contributed by atoms with Crippen LogP contribution in [0, 0.1) is 0 Å². The molecule has 3 rings (SSSR count). The lowest BCUT2D eigenvalue weighted by Gasteiger charge is -2.15. The molecule has 0 bridgehead atoms. The summed E-state index contributed by atoms with van der Waals surface area (Å²) in [5.74, 6) is 1.15. The van der Waals surface area contributed by atoms with Crippen LogP contribution in [-0.2, 0) is 9.53 Å². The average molecular weight is 392 g/mol. The van der Waals surface area contributed by atoms with E-state index in [1.807, 2.05) is 6.92 Å². The van der Waals surface area contributed by atoms with Crippen molar-refractivity contribution in [3.63, 3.8) is 0 Å². The van der Waals surface area contributed by atoms with E-state index in [-0.39, 0.29) is 5.91 Å². The first-order valence-corrected chi connectivity index (χ1v) is 9.10. The maximum absolute atomic E-state index is 12.5. The van der Waals surface area contributed by atoms with Gasteiger partial charge in [0.05, 0.1) is 12.3 Å². The summed E-state index contributed by atoms with van der Waals surface area (Å²) in [5, 5.41) is 0.650. The van der Waals surface area contributed by atoms with E-state index >= 15 is 0 Å². The molecule has 4 nitrogen and oxygen atoms in total. The van der Waals surface area contributed by atoms with Crippen LogP contribution in [0.25, 0.3) is 0 Å². The summed E-state index contributed by atoms with van der Waals surface area (Å²) in [6.45, 7) is 2.36. The molecule has 0 saturated carbocycles. The molecular formula is C18H14ClNO3S2. The van der Waals surface area contributed by atoms with Crippen molar-refractivity contribution in [2.24, 2.45) is 0 Å². The Labute approximate surface area is 160 Å². The third kappa shape index (κ3) is 4.15. The van der Waals surface area contributed by atoms with Crippen LogP contribution in [0.3, 0.4) is 0 Å². The van der Waals surface area contributed by atoms with Crippen molar-refractivity contribution in [2.45, 2.75) is 6.92 Å². The van der Waals surface area contributed by atoms with Crippen molar-refractivity contribution < 1.29 is 14.3 Å². The van der Waals surface area contributed by atoms with Gasteiger partial charge < -0.3 is 9.47 Å². The van der Waals surface area contributed by atoms with Gasteiger partial charge in [-0.3, -0.25) is 9.69 Å². The number of thioether (sulfide) groups is 1. The third-order valence-corrected chi connectivity index (χ3v) is 4.83. The fourth-order valence-corrected chi connectivity index (χ4v) is 3.48. The number of carbonyl (C=O) groups is 1. The predicted molar refractivity (Wildman–Crippen MR) is 105 cm³/mol. The number of benzene rings is 2. The number of nitrogens with zero attached hydrogens (tertiary/aromatic N) is 1. The molecule has 1 aliphatic rings. The van der Waals surface area contributed by atoms with Crippen LogP contribution in [0.4, 0.5) is 5.69 Å². The van der Waals surface area contributed by atoms with E-state index in [0.717, 1.165) is 0 Å². The Morgan fingerprint density at radius 2 is 1.72 bits per heavy atom. The van der Waals surface area contributed by atoms with E-state index < -0.39 is 0 Å². The molecule has 1 heterocycles. The second-order valence-electron chi connectivity index (χ2n) is 5.00. The molecule has 0 N–H and O–H groups in total. The lowest BCUT2D eigenvalue weighted by molar-refractivity contribution is -0.113. The summed E-state index contributed by atoms with van der Waals surface area (Å²) in [7, 11) is 0. The monoisotopic (exact) mass is 391 g/mol. The van der Waals surface area contributed by atoms with Gasteiger partial charge in [-0.25, -0.2) is 0 Å². The van der Waals surface area contributed by atoms with Gasteiger partial charge in [0.2, 0.25) is 0 Å². The smallest absolute Gasteiger partial charge is 0.273 e. The van der Waals surface area contributed by atoms with Crippen molar-refractivity contribution >= 4 is 51.5 Å². The molecule has 1 saturated heterocycles. The highest BCUT2D eigenvalue weighted by atomic mass is 35.5. The van der Waals surface area contributed by atoms with Crippen molar-refractivity contribution in [1.82, 2.24) is 0 Å². The third-order valence-electron chi connectivity index (χ3n) is 3.30. The summed E-state index contributed by atoms with van der Waals surface area (Å²) in [5.41, 5.74) is 0.686. The highest BCUT2D eigenvalue weighted by Gasteiger charge is 2.33. The summed E-state index contributed by atoms with van der Waals surface area (Å²) < 4.78 is 11.4. The summed E-state index contributed by atoms with van der Waals surface area (Å²) in [4.78, 5) is 14.4. The minimum Gasteiger partial charge on any atom is -0.500 e. The number of amides is 1. The highest BCUT2D eigenvalue weighted by molar-refractivity contribution is 8.27. The van der Waals surface area contributed by atoms with Gasteiger partial charge in [0.25, 0.3) is 5.91 Å². The van der Waals surface area contributed by atoms with E-state index in [0.29, 0.717) is 38.0 Å². The standard InChI is InChI=1S/C18H14ClNO3S2/c1-2-22-11-16-17(21)20(18(24)25-16)13-5-9-15(10-6-13)23-14-7-3-12(19)4-8-14/h3-11H,2H2,1H3/b16-11+. The number of anilines is 1. The second kappa shape index (κ2) is 7.91. The Bertz CT molecular complexity index is 819. The Balaban J connectivity index is 1.75. The minimum atomic E-state index is -0.185. The molecule has 0 spiro atoms. The van der Waals surface area contributed by atoms with Crippen LogP contribution in [0.1, 0.15) is 6.92 Å². The molecule has 0 radical (unpaired) electrons. The molecule has 1 aliphatic heterocycles. The maximum atomic E-state index is 12.5. The summed E-state index contributed by atoms with van der Waals surface area (Å²) in [6, 6.07) is 14.3. The average Bonchev–Trinajstić information content (AvgIpc) is 2.90. The van der Waals surface area contributed by atoms with Gasteiger partial charge in [0, 0.05) is 5.02 Å². The fraction of sp³-hybridized carbons (Fsp3) is 0.111.